The molecular weight excluding hydrogens is 342 g/mol. The number of carbonyl (C=O) groups excluding carboxylic acids is 1. The molecule has 0 bridgehead atoms. The van der Waals surface area contributed by atoms with Crippen LogP contribution in [0.3, 0.4) is 0 Å². The SMILES string of the molecule is CC1CCC(Oc2cc(CNC(=O)c3n[nH]c4c3CNCC4)ccn2)CC1. The van der Waals surface area contributed by atoms with Gasteiger partial charge >= 0.3 is 0 Å². The molecule has 3 heterocycles. The molecule has 2 aromatic rings. The maximum atomic E-state index is 12.5. The van der Waals surface area contributed by atoms with Gasteiger partial charge in [0.1, 0.15) is 6.10 Å². The minimum absolute atomic E-state index is 0.156. The van der Waals surface area contributed by atoms with E-state index in [-0.39, 0.29) is 12.0 Å². The van der Waals surface area contributed by atoms with Gasteiger partial charge in [-0.2, -0.15) is 5.10 Å². The van der Waals surface area contributed by atoms with Gasteiger partial charge in [0.2, 0.25) is 5.88 Å². The highest BCUT2D eigenvalue weighted by molar-refractivity contribution is 5.94. The molecule has 7 heteroatoms. The number of ether oxygens (including phenoxy) is 1. The van der Waals surface area contributed by atoms with Crippen LogP contribution in [0.1, 0.15) is 59.9 Å². The Balaban J connectivity index is 1.34. The van der Waals surface area contributed by atoms with Crippen LogP contribution in [-0.2, 0) is 19.5 Å². The topological polar surface area (TPSA) is 91.9 Å². The van der Waals surface area contributed by atoms with Crippen molar-refractivity contribution in [2.24, 2.45) is 5.92 Å². The summed E-state index contributed by atoms with van der Waals surface area (Å²) in [6.45, 7) is 4.32. The number of aromatic amines is 1. The van der Waals surface area contributed by atoms with Gasteiger partial charge < -0.3 is 15.4 Å². The number of fused-ring (bicyclic) bond motifs is 1. The molecule has 1 aliphatic carbocycles. The van der Waals surface area contributed by atoms with Gasteiger partial charge in [-0.15, -0.1) is 0 Å². The van der Waals surface area contributed by atoms with Crippen LogP contribution in [0.4, 0.5) is 0 Å². The summed E-state index contributed by atoms with van der Waals surface area (Å²) >= 11 is 0. The molecule has 1 amide bonds. The van der Waals surface area contributed by atoms with Crippen molar-refractivity contribution in [2.75, 3.05) is 6.54 Å². The van der Waals surface area contributed by atoms with Crippen molar-refractivity contribution < 1.29 is 9.53 Å². The van der Waals surface area contributed by atoms with E-state index in [0.29, 0.717) is 24.7 Å². The molecule has 4 rings (SSSR count). The lowest BCUT2D eigenvalue weighted by Crippen LogP contribution is -2.28. The highest BCUT2D eigenvalue weighted by Crippen LogP contribution is 2.26. The van der Waals surface area contributed by atoms with Gasteiger partial charge in [-0.3, -0.25) is 9.89 Å². The Kier molecular flexibility index (Phi) is 5.38. The molecule has 3 N–H and O–H groups in total. The lowest BCUT2D eigenvalue weighted by molar-refractivity contribution is 0.0944. The molecule has 0 radical (unpaired) electrons. The average molecular weight is 369 g/mol. The number of aromatic nitrogens is 3. The van der Waals surface area contributed by atoms with Crippen LogP contribution in [0.25, 0.3) is 0 Å². The first-order chi connectivity index (χ1) is 13.2. The third-order valence-corrected chi connectivity index (χ3v) is 5.52. The maximum Gasteiger partial charge on any atom is 0.272 e. The van der Waals surface area contributed by atoms with Crippen LogP contribution in [0.2, 0.25) is 0 Å². The molecular formula is C20H27N5O2. The predicted octanol–water partition coefficient (Wildman–Crippen LogP) is 2.34. The summed E-state index contributed by atoms with van der Waals surface area (Å²) in [5.41, 5.74) is 3.49. The minimum atomic E-state index is -0.156. The van der Waals surface area contributed by atoms with Gasteiger partial charge in [0.05, 0.1) is 0 Å². The van der Waals surface area contributed by atoms with Crippen LogP contribution in [0.15, 0.2) is 18.3 Å². The lowest BCUT2D eigenvalue weighted by Gasteiger charge is -2.26. The zero-order valence-electron chi connectivity index (χ0n) is 15.8. The Morgan fingerprint density at radius 3 is 3.04 bits per heavy atom. The van der Waals surface area contributed by atoms with Gasteiger partial charge in [-0.25, -0.2) is 4.98 Å². The van der Waals surface area contributed by atoms with Crippen molar-refractivity contribution in [2.45, 2.75) is 58.2 Å². The normalized spacial score (nSPS) is 22.1. The summed E-state index contributed by atoms with van der Waals surface area (Å²) in [4.78, 5) is 16.8. The van der Waals surface area contributed by atoms with Crippen molar-refractivity contribution >= 4 is 5.91 Å². The lowest BCUT2D eigenvalue weighted by atomic mass is 9.89. The summed E-state index contributed by atoms with van der Waals surface area (Å²) < 4.78 is 6.05. The maximum absolute atomic E-state index is 12.5. The monoisotopic (exact) mass is 369 g/mol. The van der Waals surface area contributed by atoms with Crippen molar-refractivity contribution in [3.05, 3.63) is 40.8 Å². The van der Waals surface area contributed by atoms with E-state index < -0.39 is 0 Å². The highest BCUT2D eigenvalue weighted by Gasteiger charge is 2.22. The van der Waals surface area contributed by atoms with E-state index in [0.717, 1.165) is 48.5 Å². The van der Waals surface area contributed by atoms with Crippen LogP contribution in [0, 0.1) is 5.92 Å². The van der Waals surface area contributed by atoms with E-state index in [1.165, 1.54) is 12.8 Å². The summed E-state index contributed by atoms with van der Waals surface area (Å²) in [6, 6.07) is 3.82. The van der Waals surface area contributed by atoms with Gasteiger partial charge in [0, 0.05) is 49.6 Å². The summed E-state index contributed by atoms with van der Waals surface area (Å²) in [5, 5.41) is 13.4. The second kappa shape index (κ2) is 8.08. The molecule has 1 fully saturated rings. The first-order valence-electron chi connectivity index (χ1n) is 9.85. The second-order valence-corrected chi connectivity index (χ2v) is 7.64. The molecule has 2 aromatic heterocycles. The van der Waals surface area contributed by atoms with E-state index >= 15 is 0 Å². The summed E-state index contributed by atoms with van der Waals surface area (Å²) in [7, 11) is 0. The molecule has 0 unspecified atom stereocenters. The van der Waals surface area contributed by atoms with Crippen molar-refractivity contribution in [1.82, 2.24) is 25.8 Å². The number of nitrogens with zero attached hydrogens (tertiary/aromatic N) is 2. The summed E-state index contributed by atoms with van der Waals surface area (Å²) in [6.07, 6.45) is 7.46. The number of amides is 1. The van der Waals surface area contributed by atoms with Crippen LogP contribution in [-0.4, -0.2) is 33.7 Å². The van der Waals surface area contributed by atoms with Crippen LogP contribution >= 0.6 is 0 Å². The fraction of sp³-hybridized carbons (Fsp3) is 0.550. The molecule has 144 valence electrons. The molecule has 2 aliphatic rings. The fourth-order valence-electron chi connectivity index (χ4n) is 3.82. The number of nitrogens with one attached hydrogen (secondary N) is 3. The third-order valence-electron chi connectivity index (χ3n) is 5.52. The Labute approximate surface area is 159 Å². The van der Waals surface area contributed by atoms with Gasteiger partial charge in [0.15, 0.2) is 5.69 Å². The largest absolute Gasteiger partial charge is 0.474 e. The predicted molar refractivity (Wildman–Crippen MR) is 101 cm³/mol. The molecule has 27 heavy (non-hydrogen) atoms. The zero-order chi connectivity index (χ0) is 18.6. The number of H-pyrrole nitrogens is 1. The van der Waals surface area contributed by atoms with Gasteiger partial charge in [-0.05, 0) is 43.2 Å². The molecule has 0 atom stereocenters. The summed E-state index contributed by atoms with van der Waals surface area (Å²) in [5.74, 6) is 1.28. The highest BCUT2D eigenvalue weighted by atomic mass is 16.5. The number of hydrogen-bond donors (Lipinski definition) is 3. The first-order valence-corrected chi connectivity index (χ1v) is 9.85. The van der Waals surface area contributed by atoms with Crippen molar-refractivity contribution in [1.29, 1.82) is 0 Å². The van der Waals surface area contributed by atoms with Crippen LogP contribution < -0.4 is 15.4 Å². The van der Waals surface area contributed by atoms with Gasteiger partial charge in [0.25, 0.3) is 5.91 Å². The Morgan fingerprint density at radius 1 is 1.33 bits per heavy atom. The van der Waals surface area contributed by atoms with Crippen molar-refractivity contribution in [3.63, 3.8) is 0 Å². The molecule has 0 saturated heterocycles. The van der Waals surface area contributed by atoms with E-state index in [1.807, 2.05) is 12.1 Å². The number of hydrogen-bond acceptors (Lipinski definition) is 5. The zero-order valence-corrected chi connectivity index (χ0v) is 15.8. The second-order valence-electron chi connectivity index (χ2n) is 7.64. The Bertz CT molecular complexity index is 795. The van der Waals surface area contributed by atoms with Crippen molar-refractivity contribution in [3.8, 4) is 5.88 Å². The molecule has 0 aromatic carbocycles. The average Bonchev–Trinajstić information content (AvgIpc) is 3.13. The van der Waals surface area contributed by atoms with E-state index in [4.69, 9.17) is 4.74 Å². The Hall–Kier alpha value is -2.41. The molecule has 1 aliphatic heterocycles. The fourth-order valence-corrected chi connectivity index (χ4v) is 3.82. The number of pyridine rings is 1. The van der Waals surface area contributed by atoms with E-state index in [2.05, 4.69) is 32.7 Å². The first kappa shape index (κ1) is 18.0. The molecule has 1 saturated carbocycles. The number of rotatable bonds is 5. The quantitative estimate of drug-likeness (QED) is 0.752. The van der Waals surface area contributed by atoms with Crippen LogP contribution in [0.5, 0.6) is 5.88 Å². The molecule has 0 spiro atoms. The third kappa shape index (κ3) is 4.30. The smallest absolute Gasteiger partial charge is 0.272 e. The van der Waals surface area contributed by atoms with Gasteiger partial charge in [-0.1, -0.05) is 6.92 Å². The standard InChI is InChI=1S/C20H27N5O2/c1-13-2-4-15(5-3-13)27-18-10-14(6-9-22-18)11-23-20(26)19-16-12-21-8-7-17(16)24-25-19/h6,9-10,13,15,21H,2-5,7-8,11-12H2,1H3,(H,23,26)(H,24,25). The van der Waals surface area contributed by atoms with E-state index in [1.54, 1.807) is 6.20 Å². The van der Waals surface area contributed by atoms with E-state index in [9.17, 15) is 4.79 Å². The number of carbonyl (C=O) groups is 1. The Morgan fingerprint density at radius 2 is 2.19 bits per heavy atom. The minimum Gasteiger partial charge on any atom is -0.474 e. The molecule has 7 nitrogen and oxygen atoms in total.